The van der Waals surface area contributed by atoms with Crippen LogP contribution in [0.4, 0.5) is 13.2 Å². The highest BCUT2D eigenvalue weighted by atomic mass is 35.5. The lowest BCUT2D eigenvalue weighted by Crippen LogP contribution is -2.38. The molecule has 0 aliphatic heterocycles. The molecule has 0 aliphatic rings. The van der Waals surface area contributed by atoms with Crippen LogP contribution in [0.5, 0.6) is 5.75 Å². The molecular formula is C12H19ClF3NO2Si. The van der Waals surface area contributed by atoms with Gasteiger partial charge < -0.3 is 15.3 Å². The molecule has 0 heterocycles. The van der Waals surface area contributed by atoms with E-state index in [9.17, 15) is 13.2 Å². The number of benzene rings is 1. The van der Waals surface area contributed by atoms with Crippen LogP contribution in [-0.4, -0.2) is 25.7 Å². The van der Waals surface area contributed by atoms with Crippen LogP contribution in [0.25, 0.3) is 0 Å². The summed E-state index contributed by atoms with van der Waals surface area (Å²) in [5, 5.41) is 9.09. The Bertz CT molecular complexity index is 420. The van der Waals surface area contributed by atoms with E-state index in [1.165, 1.54) is 12.1 Å². The fraction of sp³-hybridized carbons (Fsp3) is 0.500. The largest absolute Gasteiger partial charge is 0.544 e. The first-order valence-electron chi connectivity index (χ1n) is 5.80. The summed E-state index contributed by atoms with van der Waals surface area (Å²) < 4.78 is 42.7. The van der Waals surface area contributed by atoms with E-state index in [0.29, 0.717) is 5.75 Å². The van der Waals surface area contributed by atoms with Gasteiger partial charge in [0.2, 0.25) is 8.32 Å². The molecule has 0 aliphatic carbocycles. The Morgan fingerprint density at radius 2 is 1.60 bits per heavy atom. The molecule has 0 spiro atoms. The maximum absolute atomic E-state index is 12.3. The molecule has 2 atom stereocenters. The van der Waals surface area contributed by atoms with Gasteiger partial charge in [-0.1, -0.05) is 12.1 Å². The highest BCUT2D eigenvalue weighted by Crippen LogP contribution is 2.29. The van der Waals surface area contributed by atoms with Gasteiger partial charge in [-0.2, -0.15) is 13.2 Å². The van der Waals surface area contributed by atoms with E-state index in [1.807, 2.05) is 19.6 Å². The van der Waals surface area contributed by atoms with Crippen LogP contribution in [0.1, 0.15) is 11.6 Å². The van der Waals surface area contributed by atoms with Crippen molar-refractivity contribution in [3.8, 4) is 5.75 Å². The minimum absolute atomic E-state index is 0. The van der Waals surface area contributed by atoms with Gasteiger partial charge >= 0.3 is 6.18 Å². The number of alkyl halides is 3. The molecule has 0 amide bonds. The van der Waals surface area contributed by atoms with Crippen molar-refractivity contribution in [2.24, 2.45) is 5.73 Å². The smallest absolute Gasteiger partial charge is 0.416 e. The minimum Gasteiger partial charge on any atom is -0.544 e. The highest BCUT2D eigenvalue weighted by Gasteiger charge is 2.42. The molecule has 0 radical (unpaired) electrons. The van der Waals surface area contributed by atoms with Gasteiger partial charge in [0.1, 0.15) is 5.75 Å². The summed E-state index contributed by atoms with van der Waals surface area (Å²) in [5.74, 6) is 0.594. The molecule has 8 heteroatoms. The van der Waals surface area contributed by atoms with E-state index >= 15 is 0 Å². The number of rotatable bonds is 4. The predicted molar refractivity (Wildman–Crippen MR) is 76.7 cm³/mol. The third kappa shape index (κ3) is 5.70. The Kier molecular flexibility index (Phi) is 6.54. The van der Waals surface area contributed by atoms with Gasteiger partial charge in [0.15, 0.2) is 6.10 Å². The highest BCUT2D eigenvalue weighted by molar-refractivity contribution is 6.70. The number of nitrogens with two attached hydrogens (primary N) is 1. The molecular weight excluding hydrogens is 311 g/mol. The van der Waals surface area contributed by atoms with E-state index in [1.54, 1.807) is 12.1 Å². The first-order chi connectivity index (χ1) is 8.50. The van der Waals surface area contributed by atoms with Crippen LogP contribution in [0.3, 0.4) is 0 Å². The number of hydrogen-bond acceptors (Lipinski definition) is 3. The number of aliphatic hydroxyl groups excluding tert-OH is 1. The van der Waals surface area contributed by atoms with Gasteiger partial charge in [0, 0.05) is 0 Å². The van der Waals surface area contributed by atoms with Crippen molar-refractivity contribution in [3.63, 3.8) is 0 Å². The molecule has 3 N–H and O–H groups in total. The molecule has 116 valence electrons. The van der Waals surface area contributed by atoms with Crippen LogP contribution in [0.2, 0.25) is 19.6 Å². The molecule has 0 fully saturated rings. The van der Waals surface area contributed by atoms with Crippen molar-refractivity contribution < 1.29 is 22.7 Å². The van der Waals surface area contributed by atoms with Crippen molar-refractivity contribution in [2.45, 2.75) is 38.0 Å². The summed E-state index contributed by atoms with van der Waals surface area (Å²) in [6, 6.07) is 4.51. The third-order valence-corrected chi connectivity index (χ3v) is 3.21. The summed E-state index contributed by atoms with van der Waals surface area (Å²) in [6.45, 7) is 6.00. The van der Waals surface area contributed by atoms with Crippen molar-refractivity contribution in [1.82, 2.24) is 0 Å². The minimum atomic E-state index is -4.73. The summed E-state index contributed by atoms with van der Waals surface area (Å²) in [7, 11) is -1.75. The van der Waals surface area contributed by atoms with Gasteiger partial charge in [-0.3, -0.25) is 0 Å². The van der Waals surface area contributed by atoms with E-state index in [0.717, 1.165) is 0 Å². The second-order valence-electron chi connectivity index (χ2n) is 5.30. The molecule has 1 aromatic rings. The first-order valence-corrected chi connectivity index (χ1v) is 9.21. The fourth-order valence-corrected chi connectivity index (χ4v) is 2.34. The van der Waals surface area contributed by atoms with Crippen molar-refractivity contribution in [1.29, 1.82) is 0 Å². The van der Waals surface area contributed by atoms with E-state index in [4.69, 9.17) is 15.3 Å². The molecule has 0 aromatic heterocycles. The standard InChI is InChI=1S/C12H18F3NO2Si.ClH/c1-19(2,3)18-9-6-4-8(5-7-9)10(16)11(17)12(13,14)15;/h4-7,10-11,17H,16H2,1-3H3;1H/t10-,11-;/m0./s1. The Morgan fingerprint density at radius 1 is 1.15 bits per heavy atom. The Labute approximate surface area is 123 Å². The van der Waals surface area contributed by atoms with Crippen LogP contribution < -0.4 is 10.2 Å². The zero-order chi connectivity index (χ0) is 14.8. The predicted octanol–water partition coefficient (Wildman–Crippen LogP) is 3.25. The van der Waals surface area contributed by atoms with Gasteiger partial charge in [-0.15, -0.1) is 12.4 Å². The summed E-state index contributed by atoms with van der Waals surface area (Å²) in [5.41, 5.74) is 5.62. The lowest BCUT2D eigenvalue weighted by Gasteiger charge is -2.23. The summed E-state index contributed by atoms with van der Waals surface area (Å²) in [6.07, 6.45) is -7.30. The van der Waals surface area contributed by atoms with Gasteiger partial charge in [0.25, 0.3) is 0 Å². The van der Waals surface area contributed by atoms with Crippen molar-refractivity contribution in [3.05, 3.63) is 29.8 Å². The Hall–Kier alpha value is -0.763. The summed E-state index contributed by atoms with van der Waals surface area (Å²) in [4.78, 5) is 0. The Balaban J connectivity index is 0.00000361. The summed E-state index contributed by atoms with van der Waals surface area (Å²) >= 11 is 0. The maximum atomic E-state index is 12.3. The average molecular weight is 330 g/mol. The Morgan fingerprint density at radius 3 is 1.95 bits per heavy atom. The maximum Gasteiger partial charge on any atom is 0.416 e. The third-order valence-electron chi connectivity index (χ3n) is 2.36. The van der Waals surface area contributed by atoms with E-state index in [-0.39, 0.29) is 18.0 Å². The van der Waals surface area contributed by atoms with Gasteiger partial charge in [0.05, 0.1) is 6.04 Å². The molecule has 20 heavy (non-hydrogen) atoms. The molecule has 0 saturated heterocycles. The molecule has 0 bridgehead atoms. The molecule has 0 unspecified atom stereocenters. The number of hydrogen-bond donors (Lipinski definition) is 2. The zero-order valence-corrected chi connectivity index (χ0v) is 13.3. The van der Waals surface area contributed by atoms with Crippen molar-refractivity contribution in [2.75, 3.05) is 0 Å². The lowest BCUT2D eigenvalue weighted by atomic mass is 10.0. The van der Waals surface area contributed by atoms with Crippen LogP contribution >= 0.6 is 12.4 Å². The average Bonchev–Trinajstić information content (AvgIpc) is 2.24. The first kappa shape index (κ1) is 19.2. The zero-order valence-electron chi connectivity index (χ0n) is 11.4. The van der Waals surface area contributed by atoms with Crippen molar-refractivity contribution >= 4 is 20.7 Å². The van der Waals surface area contributed by atoms with Crippen LogP contribution in [-0.2, 0) is 0 Å². The fourth-order valence-electron chi connectivity index (χ4n) is 1.50. The second-order valence-corrected chi connectivity index (χ2v) is 9.72. The topological polar surface area (TPSA) is 55.5 Å². The van der Waals surface area contributed by atoms with Crippen LogP contribution in [0.15, 0.2) is 24.3 Å². The monoisotopic (exact) mass is 329 g/mol. The van der Waals surface area contributed by atoms with Gasteiger partial charge in [-0.25, -0.2) is 0 Å². The van der Waals surface area contributed by atoms with E-state index < -0.39 is 26.6 Å². The SMILES string of the molecule is C[Si](C)(C)Oc1ccc([C@H](N)[C@H](O)C(F)(F)F)cc1.Cl. The number of aliphatic hydroxyl groups is 1. The van der Waals surface area contributed by atoms with Crippen LogP contribution in [0, 0.1) is 0 Å². The van der Waals surface area contributed by atoms with Gasteiger partial charge in [-0.05, 0) is 37.3 Å². The molecule has 3 nitrogen and oxygen atoms in total. The second kappa shape index (κ2) is 6.80. The quantitative estimate of drug-likeness (QED) is 0.834. The molecule has 1 aromatic carbocycles. The lowest BCUT2D eigenvalue weighted by molar-refractivity contribution is -0.210. The molecule has 1 rings (SSSR count). The van der Waals surface area contributed by atoms with E-state index in [2.05, 4.69) is 0 Å². The molecule has 0 saturated carbocycles. The normalized spacial score (nSPS) is 15.2. The number of halogens is 4.